The van der Waals surface area contributed by atoms with Gasteiger partial charge in [0, 0.05) is 67.4 Å². The predicted octanol–water partition coefficient (Wildman–Crippen LogP) is 6.75. The molecule has 2 atom stereocenters. The van der Waals surface area contributed by atoms with E-state index in [2.05, 4.69) is 44.0 Å². The van der Waals surface area contributed by atoms with Gasteiger partial charge in [-0.25, -0.2) is 9.78 Å². The third-order valence-electron chi connectivity index (χ3n) is 10.7. The molecule has 0 bridgehead atoms. The number of benzene rings is 1. The van der Waals surface area contributed by atoms with E-state index in [1.54, 1.807) is 4.90 Å². The first kappa shape index (κ1) is 33.5. The molecule has 1 saturated heterocycles. The number of aromatic nitrogens is 3. The van der Waals surface area contributed by atoms with Gasteiger partial charge in [0.15, 0.2) is 0 Å². The van der Waals surface area contributed by atoms with Crippen molar-refractivity contribution in [1.82, 2.24) is 29.2 Å². The third-order valence-corrected chi connectivity index (χ3v) is 11.3. The first-order chi connectivity index (χ1) is 23.3. The molecule has 48 heavy (non-hydrogen) atoms. The third kappa shape index (κ3) is 7.60. The molecule has 2 aromatic heterocycles. The van der Waals surface area contributed by atoms with E-state index in [9.17, 15) is 9.59 Å². The minimum Gasteiger partial charge on any atom is -0.446 e. The molecule has 3 aromatic rings. The van der Waals surface area contributed by atoms with Crippen LogP contribution >= 0.6 is 27.5 Å². The minimum absolute atomic E-state index is 0.0196. The molecule has 1 unspecified atom stereocenters. The van der Waals surface area contributed by atoms with Gasteiger partial charge in [0.25, 0.3) is 0 Å². The summed E-state index contributed by atoms with van der Waals surface area (Å²) in [5, 5.41) is 0.720. The van der Waals surface area contributed by atoms with Crippen molar-refractivity contribution in [2.75, 3.05) is 32.7 Å². The minimum atomic E-state index is -0.650. The van der Waals surface area contributed by atoms with Crippen molar-refractivity contribution in [3.8, 4) is 0 Å². The largest absolute Gasteiger partial charge is 0.446 e. The number of carbonyl (C=O) groups is 2. The van der Waals surface area contributed by atoms with Crippen LogP contribution in [0.3, 0.4) is 0 Å². The summed E-state index contributed by atoms with van der Waals surface area (Å²) in [4.78, 5) is 44.1. The number of halogens is 2. The first-order valence-electron chi connectivity index (χ1n) is 17.7. The van der Waals surface area contributed by atoms with E-state index in [-0.39, 0.29) is 24.1 Å². The van der Waals surface area contributed by atoms with Gasteiger partial charge in [-0.05, 0) is 121 Å². The number of nitrogens with zero attached hydrogens (tertiary/aromatic N) is 6. The summed E-state index contributed by atoms with van der Waals surface area (Å²) in [5.41, 5.74) is 5.72. The van der Waals surface area contributed by atoms with Crippen LogP contribution in [-0.2, 0) is 35.8 Å². The number of amides is 2. The van der Waals surface area contributed by atoms with Crippen molar-refractivity contribution in [3.63, 3.8) is 0 Å². The molecule has 3 aliphatic carbocycles. The Morgan fingerprint density at radius 2 is 1.85 bits per heavy atom. The van der Waals surface area contributed by atoms with Crippen LogP contribution in [0.4, 0.5) is 4.79 Å². The van der Waals surface area contributed by atoms with Crippen LogP contribution in [0.1, 0.15) is 85.5 Å². The maximum atomic E-state index is 14.8. The summed E-state index contributed by atoms with van der Waals surface area (Å²) < 4.78 is 9.11. The fraction of sp³-hybridized carbons (Fsp3) is 0.568. The van der Waals surface area contributed by atoms with Crippen LogP contribution in [-0.4, -0.2) is 86.1 Å². The van der Waals surface area contributed by atoms with E-state index in [1.165, 1.54) is 23.1 Å². The molecule has 11 heteroatoms. The van der Waals surface area contributed by atoms with E-state index in [1.807, 2.05) is 41.3 Å². The highest BCUT2D eigenvalue weighted by Crippen LogP contribution is 2.39. The van der Waals surface area contributed by atoms with Gasteiger partial charge in [0.1, 0.15) is 12.1 Å². The van der Waals surface area contributed by atoms with Crippen molar-refractivity contribution < 1.29 is 14.3 Å². The number of fused-ring (bicyclic) bond motifs is 2. The summed E-state index contributed by atoms with van der Waals surface area (Å²) in [6.07, 6.45) is 16.0. The Labute approximate surface area is 297 Å². The Morgan fingerprint density at radius 3 is 2.62 bits per heavy atom. The number of ether oxygens (including phenoxy) is 1. The molecule has 3 heterocycles. The van der Waals surface area contributed by atoms with Crippen LogP contribution in [0, 0.1) is 5.92 Å². The Kier molecular flexibility index (Phi) is 10.4. The molecule has 9 nitrogen and oxygen atoms in total. The van der Waals surface area contributed by atoms with E-state index >= 15 is 0 Å². The second kappa shape index (κ2) is 14.9. The van der Waals surface area contributed by atoms with Gasteiger partial charge < -0.3 is 14.2 Å². The maximum Gasteiger partial charge on any atom is 0.410 e. The Bertz CT molecular complexity index is 1570. The number of imidazole rings is 1. The van der Waals surface area contributed by atoms with Crippen molar-refractivity contribution in [2.24, 2.45) is 13.0 Å². The molecule has 1 aromatic carbocycles. The Balaban J connectivity index is 1.19. The quantitative estimate of drug-likeness (QED) is 0.242. The van der Waals surface area contributed by atoms with E-state index < -0.39 is 6.04 Å². The molecular formula is C37H46BrClN6O3. The van der Waals surface area contributed by atoms with Gasteiger partial charge in [0.05, 0.1) is 18.1 Å². The van der Waals surface area contributed by atoms with Crippen LogP contribution in [0.2, 0.25) is 5.02 Å². The summed E-state index contributed by atoms with van der Waals surface area (Å²) in [7, 11) is 2.01. The first-order valence-corrected chi connectivity index (χ1v) is 18.9. The van der Waals surface area contributed by atoms with Gasteiger partial charge in [-0.3, -0.25) is 19.6 Å². The number of piperazine rings is 1. The van der Waals surface area contributed by atoms with Gasteiger partial charge >= 0.3 is 6.09 Å². The fourth-order valence-electron chi connectivity index (χ4n) is 7.83. The number of hydrogen-bond acceptors (Lipinski definition) is 6. The SMILES string of the molecule is Cn1cncc1CCCN(CC1CC1)C(=O)[C@H]1CN(C2c3ccc(Cl)cc3CCc3cc(Br)cnc32)CCN1C(=O)OC1CCCCC1. The van der Waals surface area contributed by atoms with Crippen molar-refractivity contribution in [2.45, 2.75) is 88.8 Å². The molecule has 0 N–H and O–H groups in total. The number of pyridine rings is 1. The molecule has 3 fully saturated rings. The summed E-state index contributed by atoms with van der Waals surface area (Å²) in [6.45, 7) is 2.81. The number of carbonyl (C=O) groups excluding carboxylic acids is 2. The summed E-state index contributed by atoms with van der Waals surface area (Å²) >= 11 is 10.2. The average molecular weight is 738 g/mol. The number of rotatable bonds is 9. The maximum absolute atomic E-state index is 14.8. The Hall–Kier alpha value is -2.95. The lowest BCUT2D eigenvalue weighted by Gasteiger charge is -2.45. The van der Waals surface area contributed by atoms with Crippen molar-refractivity contribution in [3.05, 3.63) is 80.6 Å². The zero-order valence-electron chi connectivity index (χ0n) is 27.8. The molecule has 1 aliphatic heterocycles. The molecular weight excluding hydrogens is 692 g/mol. The normalized spacial score (nSPS) is 21.7. The second-order valence-corrected chi connectivity index (χ2v) is 15.5. The predicted molar refractivity (Wildman–Crippen MR) is 189 cm³/mol. The second-order valence-electron chi connectivity index (χ2n) is 14.1. The molecule has 0 radical (unpaired) electrons. The smallest absolute Gasteiger partial charge is 0.410 e. The summed E-state index contributed by atoms with van der Waals surface area (Å²) in [5.74, 6) is 0.548. The zero-order valence-corrected chi connectivity index (χ0v) is 30.2. The van der Waals surface area contributed by atoms with Crippen LogP contribution in [0.25, 0.3) is 0 Å². The van der Waals surface area contributed by atoms with Gasteiger partial charge in [0.2, 0.25) is 5.91 Å². The van der Waals surface area contributed by atoms with Gasteiger partial charge in [-0.15, -0.1) is 0 Å². The van der Waals surface area contributed by atoms with E-state index in [0.29, 0.717) is 32.1 Å². The highest BCUT2D eigenvalue weighted by Gasteiger charge is 2.43. The lowest BCUT2D eigenvalue weighted by atomic mass is 9.95. The summed E-state index contributed by atoms with van der Waals surface area (Å²) in [6, 6.07) is 7.52. The molecule has 0 spiro atoms. The molecule has 2 saturated carbocycles. The molecule has 256 valence electrons. The van der Waals surface area contributed by atoms with Crippen LogP contribution in [0.15, 0.2) is 47.5 Å². The van der Waals surface area contributed by atoms with Crippen molar-refractivity contribution >= 4 is 39.5 Å². The highest BCUT2D eigenvalue weighted by atomic mass is 79.9. The number of hydrogen-bond donors (Lipinski definition) is 0. The number of aryl methyl sites for hydroxylation is 4. The monoisotopic (exact) mass is 736 g/mol. The fourth-order valence-corrected chi connectivity index (χ4v) is 8.41. The molecule has 4 aliphatic rings. The van der Waals surface area contributed by atoms with E-state index in [4.69, 9.17) is 21.3 Å². The van der Waals surface area contributed by atoms with E-state index in [0.717, 1.165) is 91.6 Å². The molecule has 7 rings (SSSR count). The standard InChI is InChI=1S/C37H46BrClN6O3/c1-42-24-40-21-30(42)6-5-15-44(22-25-9-10-25)36(46)33-23-43(16-17-45(33)37(47)48-31-7-3-2-4-8-31)35-32-14-13-29(39)19-26(32)11-12-27-18-28(38)20-41-34(27)35/h13-14,18-21,24-25,31,33,35H,2-12,15-17,22-23H2,1H3/t33-,35?/m1/s1. The van der Waals surface area contributed by atoms with Gasteiger partial charge in [-0.2, -0.15) is 0 Å². The molecule has 2 amide bonds. The van der Waals surface area contributed by atoms with Crippen LogP contribution in [0.5, 0.6) is 0 Å². The average Bonchev–Trinajstić information content (AvgIpc) is 3.85. The van der Waals surface area contributed by atoms with Crippen LogP contribution < -0.4 is 0 Å². The lowest BCUT2D eigenvalue weighted by Crippen LogP contribution is -2.62. The lowest BCUT2D eigenvalue weighted by molar-refractivity contribution is -0.139. The van der Waals surface area contributed by atoms with Gasteiger partial charge in [-0.1, -0.05) is 24.1 Å². The zero-order chi connectivity index (χ0) is 33.2. The van der Waals surface area contributed by atoms with Crippen molar-refractivity contribution in [1.29, 1.82) is 0 Å². The Morgan fingerprint density at radius 1 is 1.04 bits per heavy atom. The highest BCUT2D eigenvalue weighted by molar-refractivity contribution is 9.10. The topological polar surface area (TPSA) is 83.8 Å².